The van der Waals surface area contributed by atoms with Gasteiger partial charge in [0.1, 0.15) is 0 Å². The smallest absolute Gasteiger partial charge is 0.273 e. The van der Waals surface area contributed by atoms with E-state index in [0.717, 1.165) is 5.56 Å². The Kier molecular flexibility index (Phi) is 3.50. The second-order valence-electron chi connectivity index (χ2n) is 4.56. The third kappa shape index (κ3) is 2.78. The highest BCUT2D eigenvalue weighted by Gasteiger charge is 2.26. The zero-order valence-corrected chi connectivity index (χ0v) is 11.1. The van der Waals surface area contributed by atoms with Crippen LogP contribution in [0.25, 0.3) is 11.5 Å². The van der Waals surface area contributed by atoms with E-state index in [1.807, 2.05) is 12.1 Å². The molecule has 1 saturated heterocycles. The van der Waals surface area contributed by atoms with Gasteiger partial charge in [0.05, 0.1) is 13.2 Å². The lowest BCUT2D eigenvalue weighted by atomic mass is 10.2. The van der Waals surface area contributed by atoms with Crippen molar-refractivity contribution in [3.05, 3.63) is 35.2 Å². The van der Waals surface area contributed by atoms with Gasteiger partial charge in [-0.1, -0.05) is 18.5 Å². The van der Waals surface area contributed by atoms with E-state index in [9.17, 15) is 0 Å². The molecule has 1 aromatic carbocycles. The standard InChI is InChI=1S/C13H13ClN2O3/c1-8-6-17-13(18-7-8)12-16-15-11(19-12)9-2-4-10(14)5-3-9/h2-5,8,13H,6-7H2,1H3. The maximum atomic E-state index is 5.83. The van der Waals surface area contributed by atoms with E-state index in [-0.39, 0.29) is 0 Å². The number of nitrogens with zero attached hydrogens (tertiary/aromatic N) is 2. The summed E-state index contributed by atoms with van der Waals surface area (Å²) in [5.74, 6) is 1.16. The van der Waals surface area contributed by atoms with Crippen LogP contribution in [0.4, 0.5) is 0 Å². The maximum absolute atomic E-state index is 5.83. The van der Waals surface area contributed by atoms with Crippen LogP contribution in [0.3, 0.4) is 0 Å². The lowest BCUT2D eigenvalue weighted by Gasteiger charge is -2.24. The summed E-state index contributed by atoms with van der Waals surface area (Å²) in [6.45, 7) is 3.32. The van der Waals surface area contributed by atoms with Crippen molar-refractivity contribution in [1.82, 2.24) is 10.2 Å². The van der Waals surface area contributed by atoms with Gasteiger partial charge >= 0.3 is 0 Å². The highest BCUT2D eigenvalue weighted by atomic mass is 35.5. The molecule has 0 unspecified atom stereocenters. The van der Waals surface area contributed by atoms with Crippen molar-refractivity contribution in [2.75, 3.05) is 13.2 Å². The Balaban J connectivity index is 1.77. The van der Waals surface area contributed by atoms with Crippen LogP contribution in [0.2, 0.25) is 5.02 Å². The first-order valence-corrected chi connectivity index (χ1v) is 6.43. The molecule has 0 radical (unpaired) electrons. The molecule has 0 atom stereocenters. The minimum Gasteiger partial charge on any atom is -0.416 e. The van der Waals surface area contributed by atoms with Crippen molar-refractivity contribution in [3.63, 3.8) is 0 Å². The summed E-state index contributed by atoms with van der Waals surface area (Å²) < 4.78 is 16.6. The predicted octanol–water partition coefficient (Wildman–Crippen LogP) is 3.07. The van der Waals surface area contributed by atoms with Gasteiger partial charge in [0.25, 0.3) is 5.89 Å². The summed E-state index contributed by atoms with van der Waals surface area (Å²) >= 11 is 5.83. The van der Waals surface area contributed by atoms with Crippen molar-refractivity contribution in [2.45, 2.75) is 13.2 Å². The first-order chi connectivity index (χ1) is 9.22. The second-order valence-corrected chi connectivity index (χ2v) is 4.99. The number of aromatic nitrogens is 2. The summed E-state index contributed by atoms with van der Waals surface area (Å²) in [4.78, 5) is 0. The van der Waals surface area contributed by atoms with Gasteiger partial charge in [0, 0.05) is 16.5 Å². The zero-order valence-electron chi connectivity index (χ0n) is 10.4. The van der Waals surface area contributed by atoms with Crippen LogP contribution in [-0.2, 0) is 9.47 Å². The molecule has 1 fully saturated rings. The largest absolute Gasteiger partial charge is 0.416 e. The van der Waals surface area contributed by atoms with Crippen LogP contribution >= 0.6 is 11.6 Å². The van der Waals surface area contributed by atoms with E-state index in [1.54, 1.807) is 12.1 Å². The van der Waals surface area contributed by atoms with E-state index in [2.05, 4.69) is 17.1 Å². The molecule has 1 aliphatic heterocycles. The highest BCUT2D eigenvalue weighted by molar-refractivity contribution is 6.30. The number of rotatable bonds is 2. The average molecular weight is 281 g/mol. The number of hydrogen-bond acceptors (Lipinski definition) is 5. The molecule has 3 rings (SSSR count). The van der Waals surface area contributed by atoms with Crippen LogP contribution in [0.1, 0.15) is 19.1 Å². The van der Waals surface area contributed by atoms with E-state index in [4.69, 9.17) is 25.5 Å². The van der Waals surface area contributed by atoms with Crippen LogP contribution < -0.4 is 0 Å². The molecule has 19 heavy (non-hydrogen) atoms. The van der Waals surface area contributed by atoms with Crippen LogP contribution in [0.15, 0.2) is 28.7 Å². The Morgan fingerprint density at radius 1 is 1.11 bits per heavy atom. The molecule has 2 heterocycles. The number of ether oxygens (including phenoxy) is 2. The molecule has 2 aromatic rings. The average Bonchev–Trinajstić information content (AvgIpc) is 2.90. The third-order valence-electron chi connectivity index (χ3n) is 2.80. The van der Waals surface area contributed by atoms with Gasteiger partial charge in [-0.2, -0.15) is 0 Å². The molecule has 6 heteroatoms. The quantitative estimate of drug-likeness (QED) is 0.846. The van der Waals surface area contributed by atoms with Gasteiger partial charge < -0.3 is 13.9 Å². The van der Waals surface area contributed by atoms with Crippen molar-refractivity contribution in [1.29, 1.82) is 0 Å². The molecule has 1 aromatic heterocycles. The summed E-state index contributed by atoms with van der Waals surface area (Å²) in [6.07, 6.45) is -0.565. The molecule has 100 valence electrons. The topological polar surface area (TPSA) is 57.4 Å². The van der Waals surface area contributed by atoms with Crippen molar-refractivity contribution < 1.29 is 13.9 Å². The Morgan fingerprint density at radius 3 is 2.47 bits per heavy atom. The normalized spacial score (nSPS) is 23.5. The van der Waals surface area contributed by atoms with Crippen LogP contribution in [0, 0.1) is 5.92 Å². The van der Waals surface area contributed by atoms with Gasteiger partial charge in [0.15, 0.2) is 0 Å². The van der Waals surface area contributed by atoms with Gasteiger partial charge in [-0.05, 0) is 24.3 Å². The van der Waals surface area contributed by atoms with Crippen molar-refractivity contribution in [2.24, 2.45) is 5.92 Å². The number of halogens is 1. The highest BCUT2D eigenvalue weighted by Crippen LogP contribution is 2.27. The SMILES string of the molecule is CC1COC(c2nnc(-c3ccc(Cl)cc3)o2)OC1. The summed E-state index contributed by atoms with van der Waals surface area (Å²) in [5.41, 5.74) is 0.812. The molecule has 0 saturated carbocycles. The fraction of sp³-hybridized carbons (Fsp3) is 0.385. The molecule has 5 nitrogen and oxygen atoms in total. The van der Waals surface area contributed by atoms with Crippen molar-refractivity contribution in [3.8, 4) is 11.5 Å². The van der Waals surface area contributed by atoms with E-state index >= 15 is 0 Å². The van der Waals surface area contributed by atoms with Gasteiger partial charge in [0.2, 0.25) is 12.2 Å². The second kappa shape index (κ2) is 5.28. The molecule has 1 aliphatic rings. The Hall–Kier alpha value is -1.43. The van der Waals surface area contributed by atoms with E-state index in [0.29, 0.717) is 35.9 Å². The van der Waals surface area contributed by atoms with Gasteiger partial charge in [-0.15, -0.1) is 10.2 Å². The first kappa shape index (κ1) is 12.6. The molecular formula is C13H13ClN2O3. The van der Waals surface area contributed by atoms with E-state index in [1.165, 1.54) is 0 Å². The minimum absolute atomic E-state index is 0.344. The summed E-state index contributed by atoms with van der Waals surface area (Å²) in [7, 11) is 0. The lowest BCUT2D eigenvalue weighted by molar-refractivity contribution is -0.212. The van der Waals surface area contributed by atoms with Crippen LogP contribution in [-0.4, -0.2) is 23.4 Å². The predicted molar refractivity (Wildman–Crippen MR) is 68.6 cm³/mol. The fourth-order valence-electron chi connectivity index (χ4n) is 1.78. The number of benzene rings is 1. The van der Waals surface area contributed by atoms with E-state index < -0.39 is 6.29 Å². The van der Waals surface area contributed by atoms with Gasteiger partial charge in [-0.25, -0.2) is 0 Å². The fourth-order valence-corrected chi connectivity index (χ4v) is 1.91. The zero-order chi connectivity index (χ0) is 13.2. The first-order valence-electron chi connectivity index (χ1n) is 6.05. The lowest BCUT2D eigenvalue weighted by Crippen LogP contribution is -2.25. The van der Waals surface area contributed by atoms with Crippen LogP contribution in [0.5, 0.6) is 0 Å². The third-order valence-corrected chi connectivity index (χ3v) is 3.05. The Bertz CT molecular complexity index is 547. The van der Waals surface area contributed by atoms with Gasteiger partial charge in [-0.3, -0.25) is 0 Å². The molecule has 0 aliphatic carbocycles. The minimum atomic E-state index is -0.565. The summed E-state index contributed by atoms with van der Waals surface area (Å²) in [6, 6.07) is 7.20. The summed E-state index contributed by atoms with van der Waals surface area (Å²) in [5, 5.41) is 8.62. The molecular weight excluding hydrogens is 268 g/mol. The maximum Gasteiger partial charge on any atom is 0.273 e. The number of hydrogen-bond donors (Lipinski definition) is 0. The Morgan fingerprint density at radius 2 is 1.79 bits per heavy atom. The molecule has 0 bridgehead atoms. The monoisotopic (exact) mass is 280 g/mol. The molecule has 0 amide bonds. The molecule has 0 N–H and O–H groups in total. The van der Waals surface area contributed by atoms with Crippen molar-refractivity contribution >= 4 is 11.6 Å². The Labute approximate surface area is 115 Å². The molecule has 0 spiro atoms.